The molecule has 0 bridgehead atoms. The zero-order valence-corrected chi connectivity index (χ0v) is 10.9. The molecule has 5 heteroatoms. The summed E-state index contributed by atoms with van der Waals surface area (Å²) in [5.74, 6) is -0.506. The van der Waals surface area contributed by atoms with Crippen molar-refractivity contribution in [3.8, 4) is 11.5 Å². The van der Waals surface area contributed by atoms with Crippen LogP contribution in [0.4, 0.5) is 0 Å². The number of phenolic OH excluding ortho intramolecular Hbond substituents is 2. The zero-order chi connectivity index (χ0) is 13.8. The van der Waals surface area contributed by atoms with Crippen molar-refractivity contribution in [1.82, 2.24) is 5.32 Å². The average molecular weight is 265 g/mol. The maximum atomic E-state index is 12.1. The smallest absolute Gasteiger partial charge is 0.259 e. The predicted octanol–water partition coefficient (Wildman–Crippen LogP) is 1.64. The van der Waals surface area contributed by atoms with Gasteiger partial charge in [0.25, 0.3) is 5.91 Å². The van der Waals surface area contributed by atoms with E-state index in [9.17, 15) is 15.0 Å². The SMILES string of the molecule is CC(NC(=O)c1c(O)cccc1O)C1CCOCC1. The van der Waals surface area contributed by atoms with Crippen LogP contribution in [-0.4, -0.2) is 35.4 Å². The van der Waals surface area contributed by atoms with E-state index in [1.54, 1.807) is 0 Å². The molecule has 104 valence electrons. The molecule has 1 aromatic rings. The van der Waals surface area contributed by atoms with E-state index in [1.165, 1.54) is 18.2 Å². The quantitative estimate of drug-likeness (QED) is 0.776. The number of ether oxygens (including phenoxy) is 1. The van der Waals surface area contributed by atoms with E-state index in [2.05, 4.69) is 5.32 Å². The van der Waals surface area contributed by atoms with Gasteiger partial charge in [-0.2, -0.15) is 0 Å². The van der Waals surface area contributed by atoms with Crippen LogP contribution in [0.2, 0.25) is 0 Å². The van der Waals surface area contributed by atoms with Crippen LogP contribution in [0.5, 0.6) is 11.5 Å². The molecule has 0 spiro atoms. The van der Waals surface area contributed by atoms with Crippen LogP contribution in [0.3, 0.4) is 0 Å². The summed E-state index contributed by atoms with van der Waals surface area (Å²) in [5, 5.41) is 22.1. The lowest BCUT2D eigenvalue weighted by molar-refractivity contribution is 0.0537. The molecular formula is C14H19NO4. The van der Waals surface area contributed by atoms with E-state index in [-0.39, 0.29) is 23.1 Å². The topological polar surface area (TPSA) is 78.8 Å². The first-order valence-corrected chi connectivity index (χ1v) is 6.49. The fraction of sp³-hybridized carbons (Fsp3) is 0.500. The number of hydrogen-bond acceptors (Lipinski definition) is 4. The third-order valence-corrected chi connectivity index (χ3v) is 3.58. The molecule has 0 saturated carbocycles. The summed E-state index contributed by atoms with van der Waals surface area (Å²) in [6.45, 7) is 3.37. The van der Waals surface area contributed by atoms with Gasteiger partial charge >= 0.3 is 0 Å². The van der Waals surface area contributed by atoms with Crippen LogP contribution >= 0.6 is 0 Å². The Morgan fingerprint density at radius 1 is 1.32 bits per heavy atom. The van der Waals surface area contributed by atoms with Crippen molar-refractivity contribution in [3.63, 3.8) is 0 Å². The second kappa shape index (κ2) is 5.93. The Kier molecular flexibility index (Phi) is 4.27. The number of carbonyl (C=O) groups is 1. The van der Waals surface area contributed by atoms with Gasteiger partial charge in [-0.1, -0.05) is 6.07 Å². The van der Waals surface area contributed by atoms with Crippen LogP contribution in [0.25, 0.3) is 0 Å². The molecule has 1 saturated heterocycles. The Hall–Kier alpha value is -1.75. The summed E-state index contributed by atoms with van der Waals surface area (Å²) in [5.41, 5.74) is -0.0681. The van der Waals surface area contributed by atoms with Crippen molar-refractivity contribution in [2.75, 3.05) is 13.2 Å². The van der Waals surface area contributed by atoms with Gasteiger partial charge in [0.05, 0.1) is 0 Å². The minimum atomic E-state index is -0.449. The summed E-state index contributed by atoms with van der Waals surface area (Å²) in [6.07, 6.45) is 1.82. The summed E-state index contributed by atoms with van der Waals surface area (Å²) in [7, 11) is 0. The van der Waals surface area contributed by atoms with Crippen LogP contribution in [0.1, 0.15) is 30.1 Å². The molecule has 1 amide bonds. The normalized spacial score (nSPS) is 17.9. The largest absolute Gasteiger partial charge is 0.507 e. The molecule has 1 atom stereocenters. The lowest BCUT2D eigenvalue weighted by Crippen LogP contribution is -2.40. The number of amides is 1. The molecule has 0 aromatic heterocycles. The summed E-state index contributed by atoms with van der Waals surface area (Å²) in [4.78, 5) is 12.1. The highest BCUT2D eigenvalue weighted by atomic mass is 16.5. The molecule has 1 fully saturated rings. The standard InChI is InChI=1S/C14H19NO4/c1-9(10-5-7-19-8-6-10)15-14(18)13-11(16)3-2-4-12(13)17/h2-4,9-10,16-17H,5-8H2,1H3,(H,15,18). The first-order chi connectivity index (χ1) is 9.09. The molecule has 3 N–H and O–H groups in total. The molecule has 5 nitrogen and oxygen atoms in total. The Morgan fingerprint density at radius 3 is 2.47 bits per heavy atom. The van der Waals surface area contributed by atoms with Gasteiger partial charge in [-0.05, 0) is 37.8 Å². The van der Waals surface area contributed by atoms with Gasteiger partial charge in [0.1, 0.15) is 17.1 Å². The maximum absolute atomic E-state index is 12.1. The molecule has 1 aromatic carbocycles. The third-order valence-electron chi connectivity index (χ3n) is 3.58. The fourth-order valence-corrected chi connectivity index (χ4v) is 2.37. The highest BCUT2D eigenvalue weighted by Crippen LogP contribution is 2.27. The average Bonchev–Trinajstić information content (AvgIpc) is 2.39. The van der Waals surface area contributed by atoms with Gasteiger partial charge in [0.15, 0.2) is 0 Å². The summed E-state index contributed by atoms with van der Waals surface area (Å²) < 4.78 is 5.29. The number of rotatable bonds is 3. The van der Waals surface area contributed by atoms with Gasteiger partial charge in [-0.25, -0.2) is 0 Å². The molecule has 2 rings (SSSR count). The number of phenols is 2. The molecule has 1 aliphatic heterocycles. The zero-order valence-electron chi connectivity index (χ0n) is 10.9. The van der Waals surface area contributed by atoms with E-state index >= 15 is 0 Å². The first-order valence-electron chi connectivity index (χ1n) is 6.49. The molecular weight excluding hydrogens is 246 g/mol. The number of carbonyl (C=O) groups excluding carboxylic acids is 1. The van der Waals surface area contributed by atoms with Gasteiger partial charge in [0.2, 0.25) is 0 Å². The second-order valence-electron chi connectivity index (χ2n) is 4.88. The van der Waals surface area contributed by atoms with Crippen LogP contribution in [-0.2, 0) is 4.74 Å². The number of benzene rings is 1. The van der Waals surface area contributed by atoms with Crippen LogP contribution < -0.4 is 5.32 Å². The summed E-state index contributed by atoms with van der Waals surface area (Å²) in [6, 6.07) is 4.24. The van der Waals surface area contributed by atoms with Crippen molar-refractivity contribution < 1.29 is 19.7 Å². The van der Waals surface area contributed by atoms with E-state index in [1.807, 2.05) is 6.92 Å². The highest BCUT2D eigenvalue weighted by molar-refractivity contribution is 5.99. The lowest BCUT2D eigenvalue weighted by atomic mass is 9.92. The molecule has 19 heavy (non-hydrogen) atoms. The summed E-state index contributed by atoms with van der Waals surface area (Å²) >= 11 is 0. The van der Waals surface area contributed by atoms with Gasteiger partial charge < -0.3 is 20.3 Å². The molecule has 0 radical (unpaired) electrons. The van der Waals surface area contributed by atoms with E-state index < -0.39 is 5.91 Å². The van der Waals surface area contributed by atoms with Crippen molar-refractivity contribution in [1.29, 1.82) is 0 Å². The number of hydrogen-bond donors (Lipinski definition) is 3. The van der Waals surface area contributed by atoms with Gasteiger partial charge in [-0.3, -0.25) is 4.79 Å². The van der Waals surface area contributed by atoms with Crippen molar-refractivity contribution >= 4 is 5.91 Å². The minimum Gasteiger partial charge on any atom is -0.507 e. The monoisotopic (exact) mass is 265 g/mol. The van der Waals surface area contributed by atoms with Crippen LogP contribution in [0, 0.1) is 5.92 Å². The minimum absolute atomic E-state index is 0.0181. The van der Waals surface area contributed by atoms with E-state index in [0.717, 1.165) is 12.8 Å². The molecule has 1 heterocycles. The Balaban J connectivity index is 2.04. The lowest BCUT2D eigenvalue weighted by Gasteiger charge is -2.28. The first kappa shape index (κ1) is 13.7. The maximum Gasteiger partial charge on any atom is 0.259 e. The van der Waals surface area contributed by atoms with E-state index in [4.69, 9.17) is 4.74 Å². The molecule has 1 unspecified atom stereocenters. The molecule has 0 aliphatic carbocycles. The predicted molar refractivity (Wildman–Crippen MR) is 70.2 cm³/mol. The van der Waals surface area contributed by atoms with Gasteiger partial charge in [0, 0.05) is 19.3 Å². The van der Waals surface area contributed by atoms with Crippen molar-refractivity contribution in [3.05, 3.63) is 23.8 Å². The number of nitrogens with one attached hydrogen (secondary N) is 1. The van der Waals surface area contributed by atoms with Crippen molar-refractivity contribution in [2.24, 2.45) is 5.92 Å². The Morgan fingerprint density at radius 2 is 1.89 bits per heavy atom. The Labute approximate surface area is 112 Å². The van der Waals surface area contributed by atoms with Crippen LogP contribution in [0.15, 0.2) is 18.2 Å². The highest BCUT2D eigenvalue weighted by Gasteiger charge is 2.24. The molecule has 1 aliphatic rings. The third kappa shape index (κ3) is 3.17. The Bertz CT molecular complexity index is 435. The second-order valence-corrected chi connectivity index (χ2v) is 4.88. The van der Waals surface area contributed by atoms with Gasteiger partial charge in [-0.15, -0.1) is 0 Å². The van der Waals surface area contributed by atoms with Crippen molar-refractivity contribution in [2.45, 2.75) is 25.8 Å². The number of aromatic hydroxyl groups is 2. The van der Waals surface area contributed by atoms with E-state index in [0.29, 0.717) is 19.1 Å². The fourth-order valence-electron chi connectivity index (χ4n) is 2.37.